The normalized spacial score (nSPS) is 12.3. The first-order valence-electron chi connectivity index (χ1n) is 11.3. The van der Waals surface area contributed by atoms with E-state index < -0.39 is 72.5 Å². The molecule has 0 saturated carbocycles. The Morgan fingerprint density at radius 3 is 1.08 bits per heavy atom. The lowest BCUT2D eigenvalue weighted by molar-refractivity contribution is -0.193. The molecule has 0 fully saturated rings. The van der Waals surface area contributed by atoms with Crippen LogP contribution in [0.5, 0.6) is 0 Å². The van der Waals surface area contributed by atoms with Crippen LogP contribution in [0.15, 0.2) is 25.0 Å². The van der Waals surface area contributed by atoms with Gasteiger partial charge >= 0.3 is 54.6 Å². The Morgan fingerprint density at radius 2 is 0.878 bits per heavy atom. The van der Waals surface area contributed by atoms with Crippen LogP contribution < -0.4 is 11.1 Å². The maximum atomic E-state index is 12.0. The van der Waals surface area contributed by atoms with E-state index in [0.717, 1.165) is 0 Å². The summed E-state index contributed by atoms with van der Waals surface area (Å²) in [7, 11) is 0. The first-order chi connectivity index (χ1) is 21.8. The fourth-order valence-corrected chi connectivity index (χ4v) is 1.82. The summed E-state index contributed by atoms with van der Waals surface area (Å²) in [5, 5.41) is 40.1. The molecule has 280 valence electrons. The van der Waals surface area contributed by atoms with Crippen LogP contribution in [-0.4, -0.2) is 118 Å². The van der Waals surface area contributed by atoms with Gasteiger partial charge in [-0.15, -0.1) is 0 Å². The van der Waals surface area contributed by atoms with E-state index in [2.05, 4.69) is 25.3 Å². The Bertz CT molecular complexity index is 1230. The third-order valence-electron chi connectivity index (χ3n) is 3.89. The summed E-state index contributed by atoms with van der Waals surface area (Å²) in [6, 6.07) is -1.92. The van der Waals surface area contributed by atoms with Crippen LogP contribution in [-0.2, 0) is 41.6 Å². The van der Waals surface area contributed by atoms with Gasteiger partial charge in [0.15, 0.2) is 0 Å². The summed E-state index contributed by atoms with van der Waals surface area (Å²) in [5.74, 6) is -12.7. The van der Waals surface area contributed by atoms with Gasteiger partial charge in [0.25, 0.3) is 0 Å². The summed E-state index contributed by atoms with van der Waals surface area (Å²) < 4.78 is 127. The van der Waals surface area contributed by atoms with Crippen LogP contribution in [0.25, 0.3) is 0 Å². The van der Waals surface area contributed by atoms with Gasteiger partial charge in [0.2, 0.25) is 5.91 Å². The average molecular weight is 748 g/mol. The number of carboxylic acid groups (broad SMARTS) is 5. The molecule has 0 radical (unpaired) electrons. The number of aliphatic carboxylic acids is 5. The molecule has 29 heteroatoms. The van der Waals surface area contributed by atoms with Gasteiger partial charge < -0.3 is 46.6 Å². The zero-order chi connectivity index (χ0) is 39.6. The van der Waals surface area contributed by atoms with Crippen molar-refractivity contribution in [3.63, 3.8) is 0 Å². The minimum absolute atomic E-state index is 0.109. The largest absolute Gasteiger partial charge is 0.490 e. The third-order valence-corrected chi connectivity index (χ3v) is 3.89. The second kappa shape index (κ2) is 20.6. The van der Waals surface area contributed by atoms with E-state index in [0.29, 0.717) is 11.4 Å². The number of carbonyl (C=O) groups excluding carboxylic acids is 1. The molecule has 2 aromatic heterocycles. The van der Waals surface area contributed by atoms with Crippen molar-refractivity contribution in [3.05, 3.63) is 36.4 Å². The summed E-state index contributed by atoms with van der Waals surface area (Å²) >= 11 is 0. The van der Waals surface area contributed by atoms with E-state index in [1.54, 1.807) is 6.20 Å². The first kappa shape index (κ1) is 47.8. The number of amides is 1. The highest BCUT2D eigenvalue weighted by molar-refractivity contribution is 5.87. The molecule has 0 bridgehead atoms. The van der Waals surface area contributed by atoms with Crippen molar-refractivity contribution >= 4 is 35.8 Å². The molecule has 0 saturated heterocycles. The highest BCUT2D eigenvalue weighted by Crippen LogP contribution is 2.15. The summed E-state index contributed by atoms with van der Waals surface area (Å²) in [4.78, 5) is 72.0. The van der Waals surface area contributed by atoms with Crippen LogP contribution >= 0.6 is 0 Å². The number of imidazole rings is 2. The number of nitrogens with one attached hydrogen (secondary N) is 3. The molecule has 0 aliphatic carbocycles. The minimum atomic E-state index is -5.08. The lowest BCUT2D eigenvalue weighted by atomic mass is 10.1. The highest BCUT2D eigenvalue weighted by Gasteiger charge is 2.40. The summed E-state index contributed by atoms with van der Waals surface area (Å²) in [6.45, 7) is 0. The average Bonchev–Trinajstić information content (AvgIpc) is 3.62. The molecular weight excluding hydrogens is 728 g/mol. The molecule has 2 aromatic rings. The van der Waals surface area contributed by atoms with Gasteiger partial charge in [0.1, 0.15) is 6.04 Å². The molecule has 0 spiro atoms. The number of aromatic nitrogens is 4. The number of carboxylic acids is 5. The number of nitrogens with zero attached hydrogens (tertiary/aromatic N) is 2. The standard InChI is InChI=1S/C12H16N6O3.4C2HF3O2/c13-9(1-7-3-14-5-16-7)11(19)18-10(12(20)21)2-8-4-15-6-17-8;4*3-2(4,5)1(6)7/h3-6,9-10H,1-2,13H2,(H,14,16)(H,15,17)(H,18,19)(H,20,21);4*(H,6,7)/t9-,10-;;;;/m0..../s1. The quantitative estimate of drug-likeness (QED) is 0.181. The van der Waals surface area contributed by atoms with E-state index >= 15 is 0 Å². The number of nitrogens with two attached hydrogens (primary N) is 1. The zero-order valence-corrected chi connectivity index (χ0v) is 23.1. The van der Waals surface area contributed by atoms with Crippen molar-refractivity contribution in [3.8, 4) is 0 Å². The van der Waals surface area contributed by atoms with Crippen molar-refractivity contribution in [2.45, 2.75) is 49.6 Å². The maximum Gasteiger partial charge on any atom is 0.490 e. The van der Waals surface area contributed by atoms with Crippen molar-refractivity contribution in [1.82, 2.24) is 25.3 Å². The minimum Gasteiger partial charge on any atom is -0.480 e. The van der Waals surface area contributed by atoms with Gasteiger partial charge in [-0.1, -0.05) is 0 Å². The van der Waals surface area contributed by atoms with Crippen molar-refractivity contribution in [2.24, 2.45) is 5.73 Å². The van der Waals surface area contributed by atoms with Gasteiger partial charge in [-0.3, -0.25) is 4.79 Å². The van der Waals surface area contributed by atoms with E-state index in [9.17, 15) is 62.3 Å². The molecule has 2 rings (SSSR count). The molecule has 0 aromatic carbocycles. The van der Waals surface area contributed by atoms with Gasteiger partial charge in [0, 0.05) is 36.6 Å². The Kier molecular flexibility index (Phi) is 20.0. The number of hydrogen-bond donors (Lipinski definition) is 9. The van der Waals surface area contributed by atoms with Gasteiger partial charge in [0.05, 0.1) is 18.7 Å². The molecule has 2 atom stereocenters. The summed E-state index contributed by atoms with van der Waals surface area (Å²) in [5.41, 5.74) is 7.08. The molecular formula is C20H20F12N6O11. The number of H-pyrrole nitrogens is 2. The van der Waals surface area contributed by atoms with E-state index in [1.807, 2.05) is 0 Å². The van der Waals surface area contributed by atoms with E-state index in [1.165, 1.54) is 18.9 Å². The Balaban J connectivity index is -0.000000624. The number of alkyl halides is 12. The molecule has 49 heavy (non-hydrogen) atoms. The lowest BCUT2D eigenvalue weighted by Crippen LogP contribution is -2.50. The topological polar surface area (TPSA) is 299 Å². The fourth-order valence-electron chi connectivity index (χ4n) is 1.82. The maximum absolute atomic E-state index is 12.0. The first-order valence-corrected chi connectivity index (χ1v) is 11.3. The van der Waals surface area contributed by atoms with Crippen molar-refractivity contribution in [2.75, 3.05) is 0 Å². The molecule has 1 amide bonds. The lowest BCUT2D eigenvalue weighted by Gasteiger charge is -2.17. The van der Waals surface area contributed by atoms with Crippen LogP contribution in [0.1, 0.15) is 11.4 Å². The monoisotopic (exact) mass is 748 g/mol. The third kappa shape index (κ3) is 25.2. The number of hydrogen-bond acceptors (Lipinski definition) is 9. The summed E-state index contributed by atoms with van der Waals surface area (Å²) in [6.07, 6.45) is -14.0. The zero-order valence-electron chi connectivity index (χ0n) is 23.1. The van der Waals surface area contributed by atoms with Crippen molar-refractivity contribution in [1.29, 1.82) is 0 Å². The molecule has 2 heterocycles. The molecule has 10 N–H and O–H groups in total. The van der Waals surface area contributed by atoms with Crippen LogP contribution in [0, 0.1) is 0 Å². The number of rotatable bonds is 7. The number of carbonyl (C=O) groups is 6. The van der Waals surface area contributed by atoms with Gasteiger partial charge in [-0.25, -0.2) is 33.9 Å². The Hall–Kier alpha value is -5.64. The van der Waals surface area contributed by atoms with Crippen LogP contribution in [0.2, 0.25) is 0 Å². The molecule has 0 aliphatic rings. The van der Waals surface area contributed by atoms with E-state index in [-0.39, 0.29) is 12.8 Å². The predicted molar refractivity (Wildman–Crippen MR) is 127 cm³/mol. The van der Waals surface area contributed by atoms with Gasteiger partial charge in [-0.2, -0.15) is 52.7 Å². The number of halogens is 12. The molecule has 17 nitrogen and oxygen atoms in total. The SMILES string of the molecule is N[C@@H](Cc1cnc[nH]1)C(=O)N[C@@H](Cc1cnc[nH]1)C(=O)O.O=C(O)C(F)(F)F.O=C(O)C(F)(F)F.O=C(O)C(F)(F)F.O=C(O)C(F)(F)F. The van der Waals surface area contributed by atoms with Crippen molar-refractivity contribution < 1.29 is 107 Å². The number of aromatic amines is 2. The predicted octanol–water partition coefficient (Wildman–Crippen LogP) is 1.35. The fraction of sp³-hybridized carbons (Fsp3) is 0.400. The smallest absolute Gasteiger partial charge is 0.480 e. The second-order valence-electron chi connectivity index (χ2n) is 7.78. The second-order valence-corrected chi connectivity index (χ2v) is 7.78. The van der Waals surface area contributed by atoms with Crippen LogP contribution in [0.4, 0.5) is 52.7 Å². The Morgan fingerprint density at radius 1 is 0.612 bits per heavy atom. The highest BCUT2D eigenvalue weighted by atomic mass is 19.4. The molecule has 0 aliphatic heterocycles. The van der Waals surface area contributed by atoms with Gasteiger partial charge in [-0.05, 0) is 0 Å². The molecule has 0 unspecified atom stereocenters. The van der Waals surface area contributed by atoms with Crippen LogP contribution in [0.3, 0.4) is 0 Å². The Labute approximate surface area is 260 Å². The van der Waals surface area contributed by atoms with E-state index in [4.69, 9.17) is 50.4 Å².